The second kappa shape index (κ2) is 35.4. The standard InChI is InChI=1S/C14H26O2.C5H11NO.C5H10.C3H8.CH4O/c1-2-3-4-5-6-13(15)9-7-12-8-10-14(16)11-12;1-3-5(7)6-4-2;1-3-5-4-2;1-3-2;1-2/h12,14,16H,2-11H2,1H3;3-4H2,1-2H3,(H,6,7);3,5H,4H2,1-2H3;3H2,1-2H3;2H,1H3/b;;5-3-;;. The van der Waals surface area contributed by atoms with Gasteiger partial charge < -0.3 is 15.5 Å². The van der Waals surface area contributed by atoms with Crippen molar-refractivity contribution in [1.29, 1.82) is 0 Å². The SMILES string of the molecule is C/C=C\CC.CCC.CCCCCCC(=O)CCC1CCC(O)C1.CCNC(=O)CC.CO. The first-order valence-corrected chi connectivity index (χ1v) is 13.4. The molecule has 1 fully saturated rings. The van der Waals surface area contributed by atoms with Crippen LogP contribution in [0.2, 0.25) is 0 Å². The third kappa shape index (κ3) is 38.4. The quantitative estimate of drug-likeness (QED) is 0.223. The zero-order chi connectivity index (χ0) is 26.3. The first-order chi connectivity index (χ1) is 15.9. The van der Waals surface area contributed by atoms with Gasteiger partial charge in [0.05, 0.1) is 6.10 Å². The van der Waals surface area contributed by atoms with E-state index in [0.29, 0.717) is 18.1 Å². The summed E-state index contributed by atoms with van der Waals surface area (Å²) >= 11 is 0. The molecule has 0 aromatic heterocycles. The molecular formula is C28H59NO4. The smallest absolute Gasteiger partial charge is 0.219 e. The van der Waals surface area contributed by atoms with Crippen LogP contribution in [-0.4, -0.2) is 41.7 Å². The van der Waals surface area contributed by atoms with Gasteiger partial charge in [-0.3, -0.25) is 9.59 Å². The number of allylic oxidation sites excluding steroid dienone is 2. The van der Waals surface area contributed by atoms with E-state index in [2.05, 4.69) is 45.2 Å². The highest BCUT2D eigenvalue weighted by atomic mass is 16.3. The maximum absolute atomic E-state index is 11.6. The number of aliphatic hydroxyl groups is 2. The van der Waals surface area contributed by atoms with Crippen molar-refractivity contribution in [1.82, 2.24) is 5.32 Å². The van der Waals surface area contributed by atoms with Gasteiger partial charge in [0.2, 0.25) is 5.91 Å². The average molecular weight is 474 g/mol. The Kier molecular flexibility index (Phi) is 41.9. The topological polar surface area (TPSA) is 86.6 Å². The van der Waals surface area contributed by atoms with E-state index in [1.807, 2.05) is 20.8 Å². The third-order valence-electron chi connectivity index (χ3n) is 4.82. The molecule has 0 saturated heterocycles. The number of amides is 1. The maximum atomic E-state index is 11.6. The lowest BCUT2D eigenvalue weighted by Gasteiger charge is -2.07. The summed E-state index contributed by atoms with van der Waals surface area (Å²) in [4.78, 5) is 21.9. The molecule has 0 radical (unpaired) electrons. The van der Waals surface area contributed by atoms with Crippen LogP contribution in [-0.2, 0) is 9.59 Å². The van der Waals surface area contributed by atoms with Crippen molar-refractivity contribution in [3.63, 3.8) is 0 Å². The van der Waals surface area contributed by atoms with Crippen molar-refractivity contribution < 1.29 is 19.8 Å². The number of ketones is 1. The van der Waals surface area contributed by atoms with E-state index in [4.69, 9.17) is 5.11 Å². The first-order valence-electron chi connectivity index (χ1n) is 13.4. The Balaban J connectivity index is -0.000000205. The first kappa shape index (κ1) is 39.0. The van der Waals surface area contributed by atoms with Gasteiger partial charge in [0.15, 0.2) is 0 Å². The number of hydrogen-bond acceptors (Lipinski definition) is 4. The molecule has 5 nitrogen and oxygen atoms in total. The highest BCUT2D eigenvalue weighted by Gasteiger charge is 2.22. The maximum Gasteiger partial charge on any atom is 0.219 e. The van der Waals surface area contributed by atoms with Gasteiger partial charge in [-0.1, -0.05) is 72.5 Å². The van der Waals surface area contributed by atoms with E-state index in [0.717, 1.165) is 65.0 Å². The molecule has 1 rings (SSSR count). The molecule has 1 saturated carbocycles. The van der Waals surface area contributed by atoms with Crippen LogP contribution in [0.1, 0.15) is 132 Å². The average Bonchev–Trinajstić information content (AvgIpc) is 3.24. The van der Waals surface area contributed by atoms with Gasteiger partial charge in [-0.2, -0.15) is 0 Å². The fourth-order valence-corrected chi connectivity index (χ4v) is 3.11. The van der Waals surface area contributed by atoms with Crippen LogP contribution >= 0.6 is 0 Å². The summed E-state index contributed by atoms with van der Waals surface area (Å²) in [6.07, 6.45) is 17.3. The normalized spacial score (nSPS) is 16.1. The molecule has 2 unspecified atom stereocenters. The highest BCUT2D eigenvalue weighted by molar-refractivity contribution is 5.78. The summed E-state index contributed by atoms with van der Waals surface area (Å²) in [6, 6.07) is 0. The van der Waals surface area contributed by atoms with Gasteiger partial charge >= 0.3 is 0 Å². The highest BCUT2D eigenvalue weighted by Crippen LogP contribution is 2.29. The van der Waals surface area contributed by atoms with Crippen LogP contribution in [0.25, 0.3) is 0 Å². The fourth-order valence-electron chi connectivity index (χ4n) is 3.11. The Labute approximate surface area is 206 Å². The van der Waals surface area contributed by atoms with Crippen molar-refractivity contribution in [3.8, 4) is 0 Å². The van der Waals surface area contributed by atoms with Gasteiger partial charge in [0.25, 0.3) is 0 Å². The van der Waals surface area contributed by atoms with E-state index in [1.165, 1.54) is 25.7 Å². The zero-order valence-electron chi connectivity index (χ0n) is 23.4. The lowest BCUT2D eigenvalue weighted by Crippen LogP contribution is -2.20. The van der Waals surface area contributed by atoms with Gasteiger partial charge in [-0.15, -0.1) is 0 Å². The number of nitrogens with one attached hydrogen (secondary N) is 1. The molecule has 200 valence electrons. The number of unbranched alkanes of at least 4 members (excludes halogenated alkanes) is 3. The lowest BCUT2D eigenvalue weighted by atomic mass is 9.98. The minimum absolute atomic E-state index is 0.0929. The minimum Gasteiger partial charge on any atom is -0.400 e. The molecule has 3 N–H and O–H groups in total. The monoisotopic (exact) mass is 473 g/mol. The van der Waals surface area contributed by atoms with Gasteiger partial charge in [-0.05, 0) is 58.3 Å². The molecule has 1 amide bonds. The molecule has 1 aliphatic carbocycles. The summed E-state index contributed by atoms with van der Waals surface area (Å²) in [5.74, 6) is 1.16. The predicted molar refractivity (Wildman–Crippen MR) is 145 cm³/mol. The van der Waals surface area contributed by atoms with Gasteiger partial charge in [-0.25, -0.2) is 0 Å². The van der Waals surface area contributed by atoms with E-state index in [9.17, 15) is 14.7 Å². The van der Waals surface area contributed by atoms with E-state index in [1.54, 1.807) is 0 Å². The van der Waals surface area contributed by atoms with Gasteiger partial charge in [0.1, 0.15) is 5.78 Å². The summed E-state index contributed by atoms with van der Waals surface area (Å²) in [7, 11) is 1.00. The molecular weight excluding hydrogens is 414 g/mol. The second-order valence-electron chi connectivity index (χ2n) is 8.21. The molecule has 0 aromatic carbocycles. The van der Waals surface area contributed by atoms with E-state index in [-0.39, 0.29) is 12.0 Å². The van der Waals surface area contributed by atoms with E-state index < -0.39 is 0 Å². The van der Waals surface area contributed by atoms with Crippen LogP contribution in [0.4, 0.5) is 0 Å². The Morgan fingerprint density at radius 3 is 1.88 bits per heavy atom. The Morgan fingerprint density at radius 1 is 0.939 bits per heavy atom. The zero-order valence-corrected chi connectivity index (χ0v) is 23.4. The van der Waals surface area contributed by atoms with Gasteiger partial charge in [0, 0.05) is 32.9 Å². The van der Waals surface area contributed by atoms with Crippen molar-refractivity contribution in [3.05, 3.63) is 12.2 Å². The van der Waals surface area contributed by atoms with Crippen molar-refractivity contribution in [2.45, 2.75) is 138 Å². The summed E-state index contributed by atoms with van der Waals surface area (Å²) in [5.41, 5.74) is 0. The minimum atomic E-state index is -0.0929. The third-order valence-corrected chi connectivity index (χ3v) is 4.82. The molecule has 0 aromatic rings. The number of hydrogen-bond donors (Lipinski definition) is 3. The van der Waals surface area contributed by atoms with E-state index >= 15 is 0 Å². The van der Waals surface area contributed by atoms with Crippen molar-refractivity contribution in [2.75, 3.05) is 13.7 Å². The molecule has 1 aliphatic rings. The predicted octanol–water partition coefficient (Wildman–Crippen LogP) is 7.00. The Bertz CT molecular complexity index is 411. The molecule has 0 heterocycles. The number of Topliss-reactive ketones (excluding diaryl/α,β-unsaturated/α-hetero) is 1. The lowest BCUT2D eigenvalue weighted by molar-refractivity contribution is -0.121. The number of carbonyl (C=O) groups is 2. The van der Waals surface area contributed by atoms with Crippen molar-refractivity contribution >= 4 is 11.7 Å². The molecule has 0 aliphatic heterocycles. The number of rotatable bonds is 11. The second-order valence-corrected chi connectivity index (χ2v) is 8.21. The molecule has 33 heavy (non-hydrogen) atoms. The molecule has 0 spiro atoms. The largest absolute Gasteiger partial charge is 0.400 e. The van der Waals surface area contributed by atoms with Crippen LogP contribution < -0.4 is 5.32 Å². The Morgan fingerprint density at radius 2 is 1.55 bits per heavy atom. The van der Waals surface area contributed by atoms with Crippen LogP contribution in [0.15, 0.2) is 12.2 Å². The van der Waals surface area contributed by atoms with Crippen molar-refractivity contribution in [2.24, 2.45) is 5.92 Å². The molecule has 0 bridgehead atoms. The summed E-state index contributed by atoms with van der Waals surface area (Å²) in [6.45, 7) is 15.1. The molecule has 5 heteroatoms. The van der Waals surface area contributed by atoms with Crippen LogP contribution in [0.3, 0.4) is 0 Å². The summed E-state index contributed by atoms with van der Waals surface area (Å²) in [5, 5.41) is 19.0. The summed E-state index contributed by atoms with van der Waals surface area (Å²) < 4.78 is 0. The number of carbonyl (C=O) groups excluding carboxylic acids is 2. The van der Waals surface area contributed by atoms with Crippen LogP contribution in [0.5, 0.6) is 0 Å². The fraction of sp³-hybridized carbons (Fsp3) is 0.857. The molecule has 2 atom stereocenters. The Hall–Kier alpha value is -1.20. The number of aliphatic hydroxyl groups excluding tert-OH is 2. The van der Waals surface area contributed by atoms with Crippen LogP contribution in [0, 0.1) is 5.92 Å².